The van der Waals surface area contributed by atoms with Crippen LogP contribution in [0.3, 0.4) is 0 Å². The number of rotatable bonds is 0. The van der Waals surface area contributed by atoms with Gasteiger partial charge in [0.1, 0.15) is 12.8 Å². The molecule has 3 aromatic carbocycles. The molecule has 2 heteroatoms. The molecule has 122 valence electrons. The standard InChI is InChI=1S/C23H20NO/c1-13-9-17-11-14(2)15(3)20-21(17)19(10-13)25-23-18-8-6-5-7-16(18)12-24(4)22(20)23/h5-12H,1-4H3/q+1. The van der Waals surface area contributed by atoms with Crippen LogP contribution in [0.5, 0.6) is 11.5 Å². The molecule has 1 aromatic heterocycles. The van der Waals surface area contributed by atoms with Gasteiger partial charge in [0.15, 0.2) is 6.20 Å². The van der Waals surface area contributed by atoms with Crippen LogP contribution in [0.2, 0.25) is 0 Å². The number of hydrogen-bond acceptors (Lipinski definition) is 1. The first kappa shape index (κ1) is 14.5. The third kappa shape index (κ3) is 1.88. The zero-order valence-electron chi connectivity index (χ0n) is 15.0. The molecule has 4 aromatic rings. The van der Waals surface area contributed by atoms with Crippen LogP contribution in [-0.2, 0) is 7.05 Å². The predicted octanol–water partition coefficient (Wildman–Crippen LogP) is 5.52. The number of aryl methyl sites for hydroxylation is 3. The van der Waals surface area contributed by atoms with Crippen LogP contribution >= 0.6 is 0 Å². The third-order valence-electron chi connectivity index (χ3n) is 5.42. The minimum Gasteiger partial charge on any atom is -0.449 e. The van der Waals surface area contributed by atoms with E-state index < -0.39 is 0 Å². The van der Waals surface area contributed by atoms with Crippen LogP contribution < -0.4 is 9.30 Å². The Morgan fingerprint density at radius 2 is 1.72 bits per heavy atom. The first-order valence-electron chi connectivity index (χ1n) is 8.69. The number of benzene rings is 3. The number of ether oxygens (including phenoxy) is 1. The van der Waals surface area contributed by atoms with Crippen molar-refractivity contribution in [2.75, 3.05) is 0 Å². The van der Waals surface area contributed by atoms with E-state index >= 15 is 0 Å². The molecule has 0 N–H and O–H groups in total. The van der Waals surface area contributed by atoms with Gasteiger partial charge in [0, 0.05) is 16.2 Å². The molecule has 1 aliphatic rings. The van der Waals surface area contributed by atoms with E-state index in [0.29, 0.717) is 0 Å². The quantitative estimate of drug-likeness (QED) is 0.342. The topological polar surface area (TPSA) is 13.1 Å². The van der Waals surface area contributed by atoms with Crippen molar-refractivity contribution < 1.29 is 9.30 Å². The maximum absolute atomic E-state index is 6.50. The summed E-state index contributed by atoms with van der Waals surface area (Å²) in [4.78, 5) is 0. The molecule has 0 fully saturated rings. The largest absolute Gasteiger partial charge is 0.449 e. The van der Waals surface area contributed by atoms with Crippen LogP contribution in [0.25, 0.3) is 32.8 Å². The predicted molar refractivity (Wildman–Crippen MR) is 102 cm³/mol. The van der Waals surface area contributed by atoms with Crippen LogP contribution in [0.15, 0.2) is 48.7 Å². The molecule has 2 nitrogen and oxygen atoms in total. The van der Waals surface area contributed by atoms with Crippen molar-refractivity contribution in [2.24, 2.45) is 7.05 Å². The zero-order valence-corrected chi connectivity index (χ0v) is 15.0. The Bertz CT molecular complexity index is 1200. The lowest BCUT2D eigenvalue weighted by atomic mass is 9.89. The molecule has 0 spiro atoms. The highest BCUT2D eigenvalue weighted by atomic mass is 16.5. The van der Waals surface area contributed by atoms with Crippen LogP contribution in [-0.4, -0.2) is 0 Å². The lowest BCUT2D eigenvalue weighted by molar-refractivity contribution is -0.659. The molecule has 1 aliphatic heterocycles. The number of aromatic nitrogens is 1. The summed E-state index contributed by atoms with van der Waals surface area (Å²) in [6, 6.07) is 15.1. The monoisotopic (exact) mass is 326 g/mol. The van der Waals surface area contributed by atoms with Gasteiger partial charge in [-0.05, 0) is 55.0 Å². The molecule has 0 aliphatic carbocycles. The summed E-state index contributed by atoms with van der Waals surface area (Å²) in [7, 11) is 2.11. The van der Waals surface area contributed by atoms with Gasteiger partial charge in [-0.25, -0.2) is 0 Å². The molecule has 5 rings (SSSR count). The van der Waals surface area contributed by atoms with Gasteiger partial charge < -0.3 is 4.74 Å². The fourth-order valence-corrected chi connectivity index (χ4v) is 4.14. The molecule has 0 atom stereocenters. The van der Waals surface area contributed by atoms with E-state index in [1.807, 2.05) is 0 Å². The molecule has 2 heterocycles. The van der Waals surface area contributed by atoms with Crippen molar-refractivity contribution in [3.63, 3.8) is 0 Å². The first-order chi connectivity index (χ1) is 12.0. The lowest BCUT2D eigenvalue weighted by Gasteiger charge is -2.23. The second-order valence-electron chi connectivity index (χ2n) is 7.16. The minimum absolute atomic E-state index is 0.966. The van der Waals surface area contributed by atoms with Gasteiger partial charge in [-0.1, -0.05) is 30.3 Å². The lowest BCUT2D eigenvalue weighted by Crippen LogP contribution is -2.32. The first-order valence-corrected chi connectivity index (χ1v) is 8.69. The number of nitrogens with zero attached hydrogens (tertiary/aromatic N) is 1. The van der Waals surface area contributed by atoms with E-state index in [0.717, 1.165) is 16.9 Å². The molecule has 0 saturated heterocycles. The highest BCUT2D eigenvalue weighted by molar-refractivity contribution is 6.07. The molecule has 25 heavy (non-hydrogen) atoms. The Morgan fingerprint density at radius 3 is 2.56 bits per heavy atom. The SMILES string of the molecule is Cc1cc2c3c(c(C)c(C)cc3c1)-c1c(c3ccccc3c[n+]1C)O2. The zero-order chi connectivity index (χ0) is 17.3. The summed E-state index contributed by atoms with van der Waals surface area (Å²) < 4.78 is 8.71. The summed E-state index contributed by atoms with van der Waals surface area (Å²) in [5.74, 6) is 1.94. The molecule has 0 unspecified atom stereocenters. The average Bonchev–Trinajstić information content (AvgIpc) is 2.58. The Hall–Kier alpha value is -2.87. The summed E-state index contributed by atoms with van der Waals surface area (Å²) in [5.41, 5.74) is 6.35. The minimum atomic E-state index is 0.966. The van der Waals surface area contributed by atoms with Gasteiger partial charge in [0.25, 0.3) is 5.69 Å². The maximum Gasteiger partial charge on any atom is 0.257 e. The second kappa shape index (κ2) is 4.82. The Balaban J connectivity index is 2.05. The molecular formula is C23H20NO+. The summed E-state index contributed by atoms with van der Waals surface area (Å²) >= 11 is 0. The summed E-state index contributed by atoms with van der Waals surface area (Å²) in [6.45, 7) is 6.55. The van der Waals surface area contributed by atoms with Crippen LogP contribution in [0.4, 0.5) is 0 Å². The Kier molecular flexibility index (Phi) is 2.79. The van der Waals surface area contributed by atoms with Gasteiger partial charge >= 0.3 is 0 Å². The van der Waals surface area contributed by atoms with Gasteiger partial charge in [-0.15, -0.1) is 0 Å². The van der Waals surface area contributed by atoms with E-state index in [1.165, 1.54) is 44.1 Å². The van der Waals surface area contributed by atoms with E-state index in [9.17, 15) is 0 Å². The van der Waals surface area contributed by atoms with Crippen molar-refractivity contribution >= 4 is 21.5 Å². The van der Waals surface area contributed by atoms with Crippen molar-refractivity contribution in [3.8, 4) is 22.8 Å². The molecule has 0 bridgehead atoms. The van der Waals surface area contributed by atoms with E-state index in [1.54, 1.807) is 0 Å². The summed E-state index contributed by atoms with van der Waals surface area (Å²) in [5, 5.41) is 4.84. The van der Waals surface area contributed by atoms with Crippen molar-refractivity contribution in [3.05, 3.63) is 65.4 Å². The van der Waals surface area contributed by atoms with Crippen molar-refractivity contribution in [1.29, 1.82) is 0 Å². The van der Waals surface area contributed by atoms with Gasteiger partial charge in [-0.2, -0.15) is 4.57 Å². The Morgan fingerprint density at radius 1 is 0.920 bits per heavy atom. The van der Waals surface area contributed by atoms with Gasteiger partial charge in [0.2, 0.25) is 5.75 Å². The fraction of sp³-hybridized carbons (Fsp3) is 0.174. The van der Waals surface area contributed by atoms with E-state index in [-0.39, 0.29) is 0 Å². The maximum atomic E-state index is 6.50. The highest BCUT2D eigenvalue weighted by Gasteiger charge is 2.31. The smallest absolute Gasteiger partial charge is 0.257 e. The summed E-state index contributed by atoms with van der Waals surface area (Å²) in [6.07, 6.45) is 2.20. The molecule has 0 radical (unpaired) electrons. The molecule has 0 saturated carbocycles. The van der Waals surface area contributed by atoms with Crippen LogP contribution in [0, 0.1) is 20.8 Å². The van der Waals surface area contributed by atoms with E-state index in [2.05, 4.69) is 81.0 Å². The van der Waals surface area contributed by atoms with Crippen molar-refractivity contribution in [1.82, 2.24) is 0 Å². The normalized spacial score (nSPS) is 12.3. The number of hydrogen-bond donors (Lipinski definition) is 0. The van der Waals surface area contributed by atoms with Gasteiger partial charge in [-0.3, -0.25) is 0 Å². The molecular weight excluding hydrogens is 306 g/mol. The van der Waals surface area contributed by atoms with E-state index in [4.69, 9.17) is 4.74 Å². The van der Waals surface area contributed by atoms with Gasteiger partial charge in [0.05, 0.1) is 5.56 Å². The van der Waals surface area contributed by atoms with Crippen LogP contribution in [0.1, 0.15) is 16.7 Å². The second-order valence-corrected chi connectivity index (χ2v) is 7.16. The molecule has 0 amide bonds. The highest BCUT2D eigenvalue weighted by Crippen LogP contribution is 2.49. The Labute approximate surface area is 147 Å². The van der Waals surface area contributed by atoms with Crippen molar-refractivity contribution in [2.45, 2.75) is 20.8 Å². The fourth-order valence-electron chi connectivity index (χ4n) is 4.14. The number of pyridine rings is 1. The number of fused-ring (bicyclic) bond motifs is 4. The third-order valence-corrected chi connectivity index (χ3v) is 5.42. The average molecular weight is 326 g/mol.